The SMILES string of the molecule is O=C(NNc1ncnc(Nc2ccc(F)c(Cl)c2)c1[N+](=O)[O-])c1cccc2ccccc12. The van der Waals surface area contributed by atoms with Gasteiger partial charge in [-0.2, -0.15) is 0 Å². The molecule has 160 valence electrons. The molecule has 0 aliphatic rings. The first-order valence-electron chi connectivity index (χ1n) is 9.19. The topological polar surface area (TPSA) is 122 Å². The van der Waals surface area contributed by atoms with Gasteiger partial charge in [0, 0.05) is 11.3 Å². The van der Waals surface area contributed by atoms with Gasteiger partial charge in [-0.25, -0.2) is 14.4 Å². The van der Waals surface area contributed by atoms with Crippen molar-refractivity contribution < 1.29 is 14.1 Å². The summed E-state index contributed by atoms with van der Waals surface area (Å²) in [6, 6.07) is 16.3. The highest BCUT2D eigenvalue weighted by Gasteiger charge is 2.24. The molecule has 0 saturated carbocycles. The van der Waals surface area contributed by atoms with Crippen LogP contribution in [0.1, 0.15) is 10.4 Å². The largest absolute Gasteiger partial charge is 0.355 e. The predicted octanol–water partition coefficient (Wildman–Crippen LogP) is 4.83. The van der Waals surface area contributed by atoms with Crippen molar-refractivity contribution in [3.05, 3.63) is 93.5 Å². The summed E-state index contributed by atoms with van der Waals surface area (Å²) in [5.74, 6) is -1.55. The van der Waals surface area contributed by atoms with Crippen molar-refractivity contribution in [1.29, 1.82) is 0 Å². The first-order chi connectivity index (χ1) is 15.4. The van der Waals surface area contributed by atoms with Crippen molar-refractivity contribution >= 4 is 51.3 Å². The number of carbonyl (C=O) groups excluding carboxylic acids is 1. The highest BCUT2D eigenvalue weighted by Crippen LogP contribution is 2.31. The molecule has 11 heteroatoms. The van der Waals surface area contributed by atoms with Crippen molar-refractivity contribution in [2.75, 3.05) is 10.7 Å². The molecule has 0 radical (unpaired) electrons. The molecule has 0 bridgehead atoms. The normalized spacial score (nSPS) is 10.6. The minimum atomic E-state index is -0.708. The van der Waals surface area contributed by atoms with Gasteiger partial charge >= 0.3 is 5.69 Å². The molecule has 1 heterocycles. The fourth-order valence-electron chi connectivity index (χ4n) is 3.05. The van der Waals surface area contributed by atoms with Crippen LogP contribution in [0.15, 0.2) is 67.0 Å². The van der Waals surface area contributed by atoms with Gasteiger partial charge < -0.3 is 5.32 Å². The van der Waals surface area contributed by atoms with Crippen LogP contribution >= 0.6 is 11.6 Å². The Hall–Kier alpha value is -4.31. The third kappa shape index (κ3) is 4.25. The molecule has 32 heavy (non-hydrogen) atoms. The molecule has 0 atom stereocenters. The summed E-state index contributed by atoms with van der Waals surface area (Å²) in [4.78, 5) is 31.4. The van der Waals surface area contributed by atoms with Crippen molar-refractivity contribution in [3.8, 4) is 0 Å². The minimum Gasteiger partial charge on any atom is -0.334 e. The minimum absolute atomic E-state index is 0.160. The van der Waals surface area contributed by atoms with Crippen LogP contribution < -0.4 is 16.2 Å². The van der Waals surface area contributed by atoms with Crippen molar-refractivity contribution in [2.24, 2.45) is 0 Å². The Morgan fingerprint density at radius 1 is 1.03 bits per heavy atom. The van der Waals surface area contributed by atoms with Gasteiger partial charge in [0.2, 0.25) is 11.6 Å². The number of benzene rings is 3. The monoisotopic (exact) mass is 452 g/mol. The van der Waals surface area contributed by atoms with Crippen molar-refractivity contribution in [2.45, 2.75) is 0 Å². The molecular weight excluding hydrogens is 439 g/mol. The molecule has 3 N–H and O–H groups in total. The van der Waals surface area contributed by atoms with Gasteiger partial charge in [-0.3, -0.25) is 25.8 Å². The highest BCUT2D eigenvalue weighted by molar-refractivity contribution is 6.31. The second-order valence-electron chi connectivity index (χ2n) is 6.54. The van der Waals surface area contributed by atoms with E-state index in [1.54, 1.807) is 18.2 Å². The molecule has 4 rings (SSSR count). The van der Waals surface area contributed by atoms with Gasteiger partial charge in [-0.15, -0.1) is 0 Å². The number of carbonyl (C=O) groups is 1. The van der Waals surface area contributed by atoms with E-state index in [1.807, 2.05) is 24.3 Å². The maximum Gasteiger partial charge on any atom is 0.355 e. The summed E-state index contributed by atoms with van der Waals surface area (Å²) >= 11 is 5.76. The fourth-order valence-corrected chi connectivity index (χ4v) is 3.23. The van der Waals surface area contributed by atoms with E-state index in [9.17, 15) is 19.3 Å². The predicted molar refractivity (Wildman–Crippen MR) is 118 cm³/mol. The summed E-state index contributed by atoms with van der Waals surface area (Å²) in [7, 11) is 0. The Labute approximate surface area is 185 Å². The van der Waals surface area contributed by atoms with Crippen LogP contribution in [-0.2, 0) is 0 Å². The second-order valence-corrected chi connectivity index (χ2v) is 6.94. The number of amides is 1. The summed E-state index contributed by atoms with van der Waals surface area (Å²) in [6.07, 6.45) is 1.08. The van der Waals surface area contributed by atoms with E-state index in [0.717, 1.165) is 23.2 Å². The number of fused-ring (bicyclic) bond motifs is 1. The molecule has 0 aliphatic carbocycles. The first-order valence-corrected chi connectivity index (χ1v) is 9.57. The van der Waals surface area contributed by atoms with E-state index >= 15 is 0 Å². The van der Waals surface area contributed by atoms with E-state index in [0.29, 0.717) is 5.56 Å². The molecule has 0 aliphatic heterocycles. The average Bonchev–Trinajstić information content (AvgIpc) is 2.79. The van der Waals surface area contributed by atoms with E-state index < -0.39 is 22.3 Å². The zero-order valence-electron chi connectivity index (χ0n) is 16.2. The summed E-state index contributed by atoms with van der Waals surface area (Å²) in [5, 5.41) is 15.8. The molecule has 9 nitrogen and oxygen atoms in total. The van der Waals surface area contributed by atoms with E-state index in [-0.39, 0.29) is 22.3 Å². The third-order valence-electron chi connectivity index (χ3n) is 4.52. The Bertz CT molecular complexity index is 1350. The molecule has 1 aromatic heterocycles. The smallest absolute Gasteiger partial charge is 0.334 e. The summed E-state index contributed by atoms with van der Waals surface area (Å²) < 4.78 is 13.4. The van der Waals surface area contributed by atoms with Crippen molar-refractivity contribution in [3.63, 3.8) is 0 Å². The number of rotatable bonds is 6. The van der Waals surface area contributed by atoms with E-state index in [1.165, 1.54) is 12.1 Å². The molecule has 4 aromatic rings. The van der Waals surface area contributed by atoms with Crippen LogP contribution in [-0.4, -0.2) is 20.8 Å². The molecule has 0 spiro atoms. The number of halogens is 2. The highest BCUT2D eigenvalue weighted by atomic mass is 35.5. The van der Waals surface area contributed by atoms with Gasteiger partial charge in [-0.1, -0.05) is 48.0 Å². The molecule has 1 amide bonds. The molecule has 3 aromatic carbocycles. The zero-order valence-corrected chi connectivity index (χ0v) is 16.9. The lowest BCUT2D eigenvalue weighted by molar-refractivity contribution is -0.383. The number of nitrogens with one attached hydrogen (secondary N) is 3. The number of anilines is 3. The van der Waals surface area contributed by atoms with Crippen LogP contribution in [0.2, 0.25) is 5.02 Å². The Kier molecular flexibility index (Phi) is 5.77. The summed E-state index contributed by atoms with van der Waals surface area (Å²) in [6.45, 7) is 0. The number of nitro groups is 1. The molecule has 0 unspecified atom stereocenters. The van der Waals surface area contributed by atoms with E-state index in [4.69, 9.17) is 11.6 Å². The molecule has 0 saturated heterocycles. The third-order valence-corrected chi connectivity index (χ3v) is 4.81. The van der Waals surface area contributed by atoms with Gasteiger partial charge in [0.15, 0.2) is 0 Å². The lowest BCUT2D eigenvalue weighted by Gasteiger charge is -2.12. The fraction of sp³-hybridized carbons (Fsp3) is 0. The van der Waals surface area contributed by atoms with E-state index in [2.05, 4.69) is 26.1 Å². The number of hydrogen-bond acceptors (Lipinski definition) is 7. The van der Waals surface area contributed by atoms with Crippen LogP contribution in [0.25, 0.3) is 10.8 Å². The summed E-state index contributed by atoms with van der Waals surface area (Å²) in [5.41, 5.74) is 5.05. The Morgan fingerprint density at radius 3 is 2.56 bits per heavy atom. The zero-order chi connectivity index (χ0) is 22.7. The average molecular weight is 453 g/mol. The Morgan fingerprint density at radius 2 is 1.78 bits per heavy atom. The molecule has 0 fully saturated rings. The van der Waals surface area contributed by atoms with Gasteiger partial charge in [0.1, 0.15) is 12.1 Å². The maximum atomic E-state index is 13.4. The number of nitrogens with zero attached hydrogens (tertiary/aromatic N) is 3. The van der Waals surface area contributed by atoms with Gasteiger partial charge in [-0.05, 0) is 35.0 Å². The lowest BCUT2D eigenvalue weighted by Crippen LogP contribution is -2.30. The van der Waals surface area contributed by atoms with Crippen LogP contribution in [0, 0.1) is 15.9 Å². The Balaban J connectivity index is 1.59. The van der Waals surface area contributed by atoms with Crippen LogP contribution in [0.5, 0.6) is 0 Å². The number of aromatic nitrogens is 2. The van der Waals surface area contributed by atoms with Crippen LogP contribution in [0.4, 0.5) is 27.4 Å². The lowest BCUT2D eigenvalue weighted by atomic mass is 10.0. The molecular formula is C21H14ClFN6O3. The van der Waals surface area contributed by atoms with Gasteiger partial charge in [0.05, 0.1) is 9.95 Å². The quantitative estimate of drug-likeness (QED) is 0.283. The van der Waals surface area contributed by atoms with Gasteiger partial charge in [0.25, 0.3) is 5.91 Å². The first kappa shape index (κ1) is 20.9. The number of hydrazine groups is 1. The van der Waals surface area contributed by atoms with Crippen LogP contribution in [0.3, 0.4) is 0 Å². The van der Waals surface area contributed by atoms with Crippen molar-refractivity contribution in [1.82, 2.24) is 15.4 Å². The maximum absolute atomic E-state index is 13.4. The second kappa shape index (κ2) is 8.82. The standard InChI is InChI=1S/C21H14ClFN6O3/c22-16-10-13(8-9-17(16)23)26-19-18(29(31)32)20(25-11-24-19)27-28-21(30)15-7-3-5-12-4-1-2-6-14(12)15/h1-11H,(H,28,30)(H2,24,25,26,27). The number of hydrogen-bond donors (Lipinski definition) is 3.